The number of aromatic nitrogens is 2. The van der Waals surface area contributed by atoms with Gasteiger partial charge < -0.3 is 64.6 Å². The van der Waals surface area contributed by atoms with E-state index in [-0.39, 0.29) is 76.6 Å². The van der Waals surface area contributed by atoms with E-state index in [4.69, 9.17) is 59.4 Å². The molecule has 5 aromatic rings. The minimum atomic E-state index is -5.02. The fourth-order valence-electron chi connectivity index (χ4n) is 11.7. The van der Waals surface area contributed by atoms with E-state index in [0.29, 0.717) is 68.5 Å². The summed E-state index contributed by atoms with van der Waals surface area (Å²) in [4.78, 5) is 38.1. The zero-order chi connectivity index (χ0) is 59.5. The number of hydrogen-bond donors (Lipinski definition) is 3. The first-order valence-electron chi connectivity index (χ1n) is 29.2. The van der Waals surface area contributed by atoms with Crippen LogP contribution >= 0.6 is 0 Å². The molecule has 448 valence electrons. The van der Waals surface area contributed by atoms with Gasteiger partial charge in [0.2, 0.25) is 5.91 Å². The normalized spacial score (nSPS) is 30.8. The van der Waals surface area contributed by atoms with Gasteiger partial charge in [-0.15, -0.1) is 0 Å². The Morgan fingerprint density at radius 3 is 1.02 bits per heavy atom. The highest BCUT2D eigenvalue weighted by atomic mass is 28.6. The molecule has 2 aromatic heterocycles. The van der Waals surface area contributed by atoms with Crippen molar-refractivity contribution in [3.63, 3.8) is 0 Å². The van der Waals surface area contributed by atoms with Crippen LogP contribution in [0.5, 0.6) is 11.5 Å². The van der Waals surface area contributed by atoms with Crippen molar-refractivity contribution in [2.75, 3.05) is 0 Å². The molecule has 6 aliphatic heterocycles. The minimum Gasteiger partial charge on any atom is -0.506 e. The van der Waals surface area contributed by atoms with E-state index < -0.39 is 76.5 Å². The summed E-state index contributed by atoms with van der Waals surface area (Å²) in [5.41, 5.74) is 3.00. The molecule has 0 radical (unpaired) electrons. The summed E-state index contributed by atoms with van der Waals surface area (Å²) < 4.78 is 94.4. The Balaban J connectivity index is 1.20. The van der Waals surface area contributed by atoms with Gasteiger partial charge in [-0.25, -0.2) is 0 Å². The van der Waals surface area contributed by atoms with Gasteiger partial charge in [0, 0.05) is 94.6 Å². The van der Waals surface area contributed by atoms with Gasteiger partial charge in [0.1, 0.15) is 22.5 Å². The van der Waals surface area contributed by atoms with Gasteiger partial charge in [-0.2, -0.15) is 0 Å². The summed E-state index contributed by atoms with van der Waals surface area (Å²) in [7, 11) is -35.1. The number of fused-ring (bicyclic) bond motifs is 2. The van der Waals surface area contributed by atoms with Gasteiger partial charge >= 0.3 is 70.6 Å². The summed E-state index contributed by atoms with van der Waals surface area (Å²) in [6.45, 7) is 29.2. The van der Waals surface area contributed by atoms with Crippen molar-refractivity contribution in [3.8, 4) is 11.5 Å². The van der Waals surface area contributed by atoms with Crippen molar-refractivity contribution in [2.24, 2.45) is 51.4 Å². The monoisotopic (exact) mass is 1280 g/mol. The molecule has 8 heterocycles. The molecule has 6 aliphatic rings. The maximum Gasteiger partial charge on any atom is 0.611 e. The highest BCUT2D eigenvalue weighted by molar-refractivity contribution is 7.03. The number of carbonyl (C=O) groups excluding carboxylic acids is 1. The second kappa shape index (κ2) is 23.7. The van der Waals surface area contributed by atoms with Gasteiger partial charge in [-0.1, -0.05) is 109 Å². The van der Waals surface area contributed by atoms with Crippen molar-refractivity contribution in [2.45, 2.75) is 139 Å². The van der Waals surface area contributed by atoms with E-state index >= 15 is 4.79 Å². The summed E-state index contributed by atoms with van der Waals surface area (Å²) in [5.74, 6) is -1.01. The molecular weight excluding hydrogens is 1200 g/mol. The Morgan fingerprint density at radius 1 is 0.446 bits per heavy atom. The van der Waals surface area contributed by atoms with Crippen LogP contribution in [0.15, 0.2) is 89.1 Å². The third-order valence-electron chi connectivity index (χ3n) is 14.0. The number of pyridine rings is 2. The number of phenolic OH excluding ortho intramolecular Hbond substituents is 2. The molecule has 0 atom stereocenters. The summed E-state index contributed by atoms with van der Waals surface area (Å²) in [6, 6.07) is 21.0. The predicted molar refractivity (Wildman–Crippen MR) is 332 cm³/mol. The van der Waals surface area contributed by atoms with Gasteiger partial charge in [0.05, 0.1) is 11.4 Å². The fourth-order valence-corrected chi connectivity index (χ4v) is 61.7. The minimum absolute atomic E-state index is 0.0143. The van der Waals surface area contributed by atoms with Crippen LogP contribution in [-0.2, 0) is 49.4 Å². The van der Waals surface area contributed by atoms with Gasteiger partial charge in [0.25, 0.3) is 0 Å². The van der Waals surface area contributed by atoms with E-state index in [0.717, 1.165) is 0 Å². The maximum absolute atomic E-state index is 16.1. The van der Waals surface area contributed by atoms with Crippen LogP contribution in [-0.4, -0.2) is 109 Å². The first-order chi connectivity index (χ1) is 39.1. The lowest BCUT2D eigenvalue weighted by Gasteiger charge is -2.63. The second-order valence-corrected chi connectivity index (χ2v) is 49.2. The highest BCUT2D eigenvalue weighted by Gasteiger charge is 2.84. The number of benzene rings is 3. The van der Waals surface area contributed by atoms with Gasteiger partial charge in [0.15, 0.2) is 0 Å². The quantitative estimate of drug-likeness (QED) is 0.0486. The van der Waals surface area contributed by atoms with Crippen molar-refractivity contribution in [1.29, 1.82) is 0 Å². The summed E-state index contributed by atoms with van der Waals surface area (Å²) in [6.07, 6.45) is 6.53. The standard InChI is InChI=1S/C55H81N5O15Si8/c1-37(2)30-76-64-77(31-38(3)4)67-80(34-41(9)10)69-78(65-76,32-39(5)6)71-82(36-43(13)14)72-79(66-76,33-40(7)8)70-81(68-77,35-42(11)12)74-83(73-80,75-82)60-55(63)46-25-47(58-28-44-19-21-51(61)53-49(44)17-15-23-56-53)27-48(26-46)59-29-45-20-22-52(62)54-50(45)18-16-24-57-54/h15-29,37-43,61-62H,30-36H2,1-14H3,(H,60,63). The third kappa shape index (κ3) is 13.7. The van der Waals surface area contributed by atoms with Crippen LogP contribution < -0.4 is 4.98 Å². The molecule has 8 bridgehead atoms. The second-order valence-electron chi connectivity index (χ2n) is 25.6. The molecule has 20 nitrogen and oxygen atoms in total. The lowest BCUT2D eigenvalue weighted by atomic mass is 10.1. The lowest BCUT2D eigenvalue weighted by Crippen LogP contribution is -2.90. The third-order valence-corrected chi connectivity index (χ3v) is 53.1. The smallest absolute Gasteiger partial charge is 0.506 e. The van der Waals surface area contributed by atoms with Crippen LogP contribution in [0, 0.1) is 41.4 Å². The largest absolute Gasteiger partial charge is 0.611 e. The first kappa shape index (κ1) is 62.2. The number of nitrogens with one attached hydrogen (secondary N) is 1. The van der Waals surface area contributed by atoms with Crippen LogP contribution in [0.2, 0.25) is 42.3 Å². The molecular formula is C55H81N5O15Si8. The lowest BCUT2D eigenvalue weighted by molar-refractivity contribution is -0.0358. The molecule has 1 amide bonds. The number of rotatable bonds is 20. The van der Waals surface area contributed by atoms with Crippen molar-refractivity contribution in [3.05, 3.63) is 95.8 Å². The van der Waals surface area contributed by atoms with E-state index in [1.54, 1.807) is 79.4 Å². The molecule has 0 saturated carbocycles. The Bertz CT molecular complexity index is 3020. The van der Waals surface area contributed by atoms with E-state index in [1.165, 1.54) is 0 Å². The number of phenols is 2. The number of carbonyl (C=O) groups is 1. The summed E-state index contributed by atoms with van der Waals surface area (Å²) >= 11 is 0. The Hall–Kier alpha value is -3.85. The number of amides is 1. The zero-order valence-electron chi connectivity index (χ0n) is 50.1. The summed E-state index contributed by atoms with van der Waals surface area (Å²) in [5, 5.41) is 22.8. The Kier molecular flexibility index (Phi) is 17.7. The molecule has 28 heteroatoms. The van der Waals surface area contributed by atoms with Crippen LogP contribution in [0.3, 0.4) is 0 Å². The van der Waals surface area contributed by atoms with Crippen molar-refractivity contribution < 1.29 is 64.4 Å². The van der Waals surface area contributed by atoms with E-state index in [1.807, 2.05) is 12.1 Å². The average Bonchev–Trinajstić information content (AvgIpc) is 2.82. The van der Waals surface area contributed by atoms with Crippen LogP contribution in [0.1, 0.15) is 118 Å². The Labute approximate surface area is 496 Å². The number of hydrogen-bond acceptors (Lipinski definition) is 19. The number of aliphatic imine (C=N–C) groups is 2. The van der Waals surface area contributed by atoms with Gasteiger partial charge in [-0.3, -0.25) is 24.7 Å². The number of aromatic hydroxyl groups is 2. The van der Waals surface area contributed by atoms with Crippen LogP contribution in [0.4, 0.5) is 11.4 Å². The number of nitrogens with zero attached hydrogens (tertiary/aromatic N) is 4. The highest BCUT2D eigenvalue weighted by Crippen LogP contribution is 2.55. The molecule has 11 rings (SSSR count). The van der Waals surface area contributed by atoms with Crippen molar-refractivity contribution >= 4 is 122 Å². The Morgan fingerprint density at radius 2 is 0.735 bits per heavy atom. The topological polar surface area (TPSA) is 231 Å². The SMILES string of the molecule is CC(C)C[Si]12O[Si]3(CC(C)C)O[Si]4(CC(C)C)O[Si](CC(C)C)(O1)O[Si]1(CC(C)C)O[Si](CC(C)C)(O2)O[Si](CC(C)C)(O3)O[Si](NC(=O)c2cc(N=Cc3ccc(O)c5ncccc35)cc(N=Cc3ccc(O)c5ncccc35)c2)(O4)O1. The predicted octanol–water partition coefficient (Wildman–Crippen LogP) is 12.3. The molecule has 6 saturated heterocycles. The van der Waals surface area contributed by atoms with Crippen molar-refractivity contribution in [1.82, 2.24) is 15.0 Å². The molecule has 0 aliphatic carbocycles. The molecule has 83 heavy (non-hydrogen) atoms. The molecule has 3 N–H and O–H groups in total. The van der Waals surface area contributed by atoms with E-state index in [2.05, 4.69) is 112 Å². The first-order valence-corrected chi connectivity index (χ1v) is 44.4. The molecule has 0 spiro atoms. The molecule has 0 unspecified atom stereocenters. The molecule has 6 fully saturated rings. The zero-order valence-corrected chi connectivity index (χ0v) is 58.1. The average molecular weight is 1280 g/mol. The van der Waals surface area contributed by atoms with Crippen LogP contribution in [0.25, 0.3) is 21.8 Å². The fraction of sp³-hybridized carbons (Fsp3) is 0.509. The van der Waals surface area contributed by atoms with E-state index in [9.17, 15) is 10.2 Å². The van der Waals surface area contributed by atoms with Gasteiger partial charge in [-0.05, 0) is 96.0 Å². The maximum atomic E-state index is 16.1. The molecule has 3 aromatic carbocycles.